The lowest BCUT2D eigenvalue weighted by Crippen LogP contribution is -2.33. The van der Waals surface area contributed by atoms with Crippen LogP contribution in [-0.4, -0.2) is 34.6 Å². The van der Waals surface area contributed by atoms with Gasteiger partial charge in [0, 0.05) is 5.56 Å². The lowest BCUT2D eigenvalue weighted by Gasteiger charge is -2.28. The molecule has 0 bridgehead atoms. The topological polar surface area (TPSA) is 58.4 Å². The molecule has 20 heavy (non-hydrogen) atoms. The highest BCUT2D eigenvalue weighted by Gasteiger charge is 2.42. The minimum absolute atomic E-state index is 0.0422. The Morgan fingerprint density at radius 2 is 2.20 bits per heavy atom. The summed E-state index contributed by atoms with van der Waals surface area (Å²) in [6.07, 6.45) is 3.20. The summed E-state index contributed by atoms with van der Waals surface area (Å²) in [5, 5.41) is 4.13. The van der Waals surface area contributed by atoms with Gasteiger partial charge in [-0.3, -0.25) is 0 Å². The first-order valence-electron chi connectivity index (χ1n) is 6.50. The second-order valence-corrected chi connectivity index (χ2v) is 4.81. The fourth-order valence-electron chi connectivity index (χ4n) is 2.34. The number of rotatable bonds is 4. The van der Waals surface area contributed by atoms with Crippen molar-refractivity contribution in [1.29, 1.82) is 0 Å². The monoisotopic (exact) mass is 275 g/mol. The van der Waals surface area contributed by atoms with Crippen LogP contribution in [0.15, 0.2) is 36.9 Å². The molecule has 1 saturated heterocycles. The third-order valence-electron chi connectivity index (χ3n) is 3.31. The van der Waals surface area contributed by atoms with Gasteiger partial charge in [-0.1, -0.05) is 0 Å². The second-order valence-electron chi connectivity index (χ2n) is 4.81. The highest BCUT2D eigenvalue weighted by atomic mass is 16.7. The normalized spacial score (nSPS) is 25.8. The van der Waals surface area contributed by atoms with Crippen LogP contribution in [0.25, 0.3) is 0 Å². The minimum atomic E-state index is -0.820. The van der Waals surface area contributed by atoms with Gasteiger partial charge in [0.1, 0.15) is 24.9 Å². The highest BCUT2D eigenvalue weighted by molar-refractivity contribution is 5.30. The summed E-state index contributed by atoms with van der Waals surface area (Å²) in [5.41, 5.74) is 0.943. The summed E-state index contributed by atoms with van der Waals surface area (Å²) in [6.45, 7) is 3.01. The average Bonchev–Trinajstić information content (AvgIpc) is 3.10. The quantitative estimate of drug-likeness (QED) is 0.847. The molecule has 6 nitrogen and oxygen atoms in total. The minimum Gasteiger partial charge on any atom is -0.497 e. The van der Waals surface area contributed by atoms with E-state index in [2.05, 4.69) is 10.1 Å². The maximum absolute atomic E-state index is 6.03. The Labute approximate surface area is 117 Å². The van der Waals surface area contributed by atoms with Crippen LogP contribution in [0, 0.1) is 0 Å². The Hall–Kier alpha value is -1.92. The van der Waals surface area contributed by atoms with Crippen molar-refractivity contribution >= 4 is 0 Å². The molecular weight excluding hydrogens is 258 g/mol. The third kappa shape index (κ3) is 2.39. The number of methoxy groups -OCH3 is 1. The van der Waals surface area contributed by atoms with Crippen LogP contribution < -0.4 is 4.74 Å². The summed E-state index contributed by atoms with van der Waals surface area (Å²) in [5.74, 6) is -0.0185. The molecule has 2 heterocycles. The van der Waals surface area contributed by atoms with Gasteiger partial charge in [0.05, 0.1) is 19.8 Å². The zero-order valence-electron chi connectivity index (χ0n) is 11.5. The molecule has 1 aliphatic heterocycles. The lowest BCUT2D eigenvalue weighted by molar-refractivity contribution is -0.186. The van der Waals surface area contributed by atoms with Gasteiger partial charge in [-0.15, -0.1) is 0 Å². The SMILES string of the molecule is COc1ccc(C2(Cn3cncn3)OC[C@H](C)O2)cc1. The van der Waals surface area contributed by atoms with Gasteiger partial charge in [0.25, 0.3) is 0 Å². The van der Waals surface area contributed by atoms with Crippen molar-refractivity contribution in [3.8, 4) is 5.75 Å². The van der Waals surface area contributed by atoms with Crippen molar-refractivity contribution in [3.05, 3.63) is 42.5 Å². The van der Waals surface area contributed by atoms with Gasteiger partial charge in [-0.25, -0.2) is 9.67 Å². The van der Waals surface area contributed by atoms with E-state index < -0.39 is 5.79 Å². The van der Waals surface area contributed by atoms with Gasteiger partial charge < -0.3 is 14.2 Å². The Bertz CT molecular complexity index is 556. The smallest absolute Gasteiger partial charge is 0.215 e. The molecule has 106 valence electrons. The van der Waals surface area contributed by atoms with Crippen LogP contribution in [0.3, 0.4) is 0 Å². The molecule has 1 aromatic heterocycles. The molecule has 2 atom stereocenters. The first-order valence-corrected chi connectivity index (χ1v) is 6.50. The van der Waals surface area contributed by atoms with Crippen molar-refractivity contribution in [2.24, 2.45) is 0 Å². The van der Waals surface area contributed by atoms with Crippen LogP contribution >= 0.6 is 0 Å². The Morgan fingerprint density at radius 3 is 2.75 bits per heavy atom. The largest absolute Gasteiger partial charge is 0.497 e. The van der Waals surface area contributed by atoms with Gasteiger partial charge in [-0.05, 0) is 31.2 Å². The fourth-order valence-corrected chi connectivity index (χ4v) is 2.34. The molecule has 1 fully saturated rings. The van der Waals surface area contributed by atoms with Crippen molar-refractivity contribution in [2.75, 3.05) is 13.7 Å². The number of hydrogen-bond acceptors (Lipinski definition) is 5. The molecule has 1 aliphatic rings. The second kappa shape index (κ2) is 5.22. The van der Waals surface area contributed by atoms with Crippen molar-refractivity contribution < 1.29 is 14.2 Å². The van der Waals surface area contributed by atoms with Gasteiger partial charge in [-0.2, -0.15) is 5.10 Å². The van der Waals surface area contributed by atoms with Crippen molar-refractivity contribution in [2.45, 2.75) is 25.4 Å². The standard InChI is InChI=1S/C14H17N3O3/c1-11-7-19-14(20-11,8-17-10-15-9-16-17)12-3-5-13(18-2)6-4-12/h3-6,9-11H,7-8H2,1-2H3/t11-,14?/m0/s1. The molecule has 2 aromatic rings. The average molecular weight is 275 g/mol. The van der Waals surface area contributed by atoms with Crippen molar-refractivity contribution in [1.82, 2.24) is 14.8 Å². The van der Waals surface area contributed by atoms with Crippen LogP contribution in [0.5, 0.6) is 5.75 Å². The van der Waals surface area contributed by atoms with E-state index in [1.807, 2.05) is 31.2 Å². The molecular formula is C14H17N3O3. The molecule has 3 rings (SSSR count). The molecule has 0 saturated carbocycles. The fraction of sp³-hybridized carbons (Fsp3) is 0.429. The predicted molar refractivity (Wildman–Crippen MR) is 71.2 cm³/mol. The van der Waals surface area contributed by atoms with E-state index in [4.69, 9.17) is 14.2 Å². The lowest BCUT2D eigenvalue weighted by atomic mass is 10.1. The van der Waals surface area contributed by atoms with E-state index >= 15 is 0 Å². The number of nitrogens with zero attached hydrogens (tertiary/aromatic N) is 3. The molecule has 0 spiro atoms. The molecule has 1 aromatic carbocycles. The van der Waals surface area contributed by atoms with E-state index in [1.165, 1.54) is 6.33 Å². The Morgan fingerprint density at radius 1 is 1.40 bits per heavy atom. The van der Waals surface area contributed by atoms with Crippen LogP contribution in [-0.2, 0) is 21.8 Å². The summed E-state index contributed by atoms with van der Waals surface area (Å²) in [4.78, 5) is 3.96. The molecule has 6 heteroatoms. The molecule has 0 aliphatic carbocycles. The van der Waals surface area contributed by atoms with Gasteiger partial charge >= 0.3 is 0 Å². The van der Waals surface area contributed by atoms with Crippen LogP contribution in [0.1, 0.15) is 12.5 Å². The van der Waals surface area contributed by atoms with Gasteiger partial charge in [0.2, 0.25) is 5.79 Å². The van der Waals surface area contributed by atoms with E-state index in [-0.39, 0.29) is 6.10 Å². The zero-order valence-corrected chi connectivity index (χ0v) is 11.5. The first-order chi connectivity index (χ1) is 9.72. The molecule has 0 amide bonds. The summed E-state index contributed by atoms with van der Waals surface area (Å²) >= 11 is 0. The maximum atomic E-state index is 6.03. The number of ether oxygens (including phenoxy) is 3. The molecule has 0 N–H and O–H groups in total. The highest BCUT2D eigenvalue weighted by Crippen LogP contribution is 2.36. The van der Waals surface area contributed by atoms with E-state index in [9.17, 15) is 0 Å². The maximum Gasteiger partial charge on any atom is 0.215 e. The van der Waals surface area contributed by atoms with Crippen LogP contribution in [0.4, 0.5) is 0 Å². The van der Waals surface area contributed by atoms with Gasteiger partial charge in [0.15, 0.2) is 0 Å². The Kier molecular flexibility index (Phi) is 3.42. The number of hydrogen-bond donors (Lipinski definition) is 0. The number of aromatic nitrogens is 3. The van der Waals surface area contributed by atoms with E-state index in [1.54, 1.807) is 18.1 Å². The first kappa shape index (κ1) is 13.1. The molecule has 0 radical (unpaired) electrons. The third-order valence-corrected chi connectivity index (χ3v) is 3.31. The Balaban J connectivity index is 1.92. The van der Waals surface area contributed by atoms with E-state index in [0.717, 1.165) is 11.3 Å². The zero-order chi connectivity index (χ0) is 14.0. The predicted octanol–water partition coefficient (Wildman–Crippen LogP) is 1.57. The van der Waals surface area contributed by atoms with Crippen molar-refractivity contribution in [3.63, 3.8) is 0 Å². The number of benzene rings is 1. The van der Waals surface area contributed by atoms with E-state index in [0.29, 0.717) is 13.2 Å². The molecule has 1 unspecified atom stereocenters. The summed E-state index contributed by atoms with van der Waals surface area (Å²) in [7, 11) is 1.64. The summed E-state index contributed by atoms with van der Waals surface area (Å²) < 4.78 is 18.9. The summed E-state index contributed by atoms with van der Waals surface area (Å²) in [6, 6.07) is 7.70. The van der Waals surface area contributed by atoms with Crippen LogP contribution in [0.2, 0.25) is 0 Å².